The smallest absolute Gasteiger partial charge is 0.0656 e. The summed E-state index contributed by atoms with van der Waals surface area (Å²) in [6.45, 7) is 11.5. The Hall–Kier alpha value is -0.563. The van der Waals surface area contributed by atoms with Gasteiger partial charge in [-0.1, -0.05) is 31.8 Å². The standard InChI is InChI=1S/C11H17Si/c1-9-7-6-8-11(10(9)2)12(3,4)5/h6-7H,1-5H3. The minimum absolute atomic E-state index is 1.16. The van der Waals surface area contributed by atoms with Gasteiger partial charge in [0.05, 0.1) is 8.07 Å². The van der Waals surface area contributed by atoms with Crippen LogP contribution in [0, 0.1) is 19.9 Å². The summed E-state index contributed by atoms with van der Waals surface area (Å²) < 4.78 is 0. The van der Waals surface area contributed by atoms with Gasteiger partial charge >= 0.3 is 0 Å². The molecule has 0 heterocycles. The fraction of sp³-hybridized carbons (Fsp3) is 0.455. The van der Waals surface area contributed by atoms with Crippen LogP contribution in [0.25, 0.3) is 0 Å². The largest absolute Gasteiger partial charge is 0.0787 e. The van der Waals surface area contributed by atoms with E-state index in [9.17, 15) is 0 Å². The van der Waals surface area contributed by atoms with Gasteiger partial charge in [-0.3, -0.25) is 0 Å². The van der Waals surface area contributed by atoms with E-state index in [-0.39, 0.29) is 0 Å². The van der Waals surface area contributed by atoms with Crippen molar-refractivity contribution in [1.29, 1.82) is 0 Å². The van der Waals surface area contributed by atoms with E-state index in [1.54, 1.807) is 0 Å². The molecule has 1 rings (SSSR count). The highest BCUT2D eigenvalue weighted by Gasteiger charge is 2.18. The summed E-state index contributed by atoms with van der Waals surface area (Å²) in [5, 5.41) is 1.47. The first-order valence-electron chi connectivity index (χ1n) is 4.41. The van der Waals surface area contributed by atoms with Crippen LogP contribution < -0.4 is 5.19 Å². The van der Waals surface area contributed by atoms with Crippen molar-refractivity contribution in [3.63, 3.8) is 0 Å². The molecule has 0 amide bonds. The maximum atomic E-state index is 3.38. The molecule has 65 valence electrons. The normalized spacial score (nSPS) is 11.8. The van der Waals surface area contributed by atoms with Crippen molar-refractivity contribution in [2.75, 3.05) is 0 Å². The fourth-order valence-corrected chi connectivity index (χ4v) is 3.30. The molecule has 0 saturated carbocycles. The predicted octanol–water partition coefficient (Wildman–Crippen LogP) is 2.65. The van der Waals surface area contributed by atoms with Crippen molar-refractivity contribution < 1.29 is 0 Å². The third kappa shape index (κ3) is 1.78. The van der Waals surface area contributed by atoms with Gasteiger partial charge in [0.15, 0.2) is 0 Å². The van der Waals surface area contributed by atoms with E-state index < -0.39 is 8.07 Å². The second kappa shape index (κ2) is 3.06. The Morgan fingerprint density at radius 2 is 1.75 bits per heavy atom. The summed E-state index contributed by atoms with van der Waals surface area (Å²) in [5.74, 6) is 0. The van der Waals surface area contributed by atoms with E-state index >= 15 is 0 Å². The monoisotopic (exact) mass is 177 g/mol. The second-order valence-electron chi connectivity index (χ2n) is 4.41. The molecule has 0 saturated heterocycles. The average molecular weight is 177 g/mol. The van der Waals surface area contributed by atoms with Gasteiger partial charge in [-0.25, -0.2) is 0 Å². The average Bonchev–Trinajstić information content (AvgIpc) is 1.92. The summed E-state index contributed by atoms with van der Waals surface area (Å²) >= 11 is 0. The van der Waals surface area contributed by atoms with E-state index in [0.717, 1.165) is 0 Å². The lowest BCUT2D eigenvalue weighted by atomic mass is 10.1. The minimum Gasteiger partial charge on any atom is -0.0656 e. The lowest BCUT2D eigenvalue weighted by Gasteiger charge is -2.19. The predicted molar refractivity (Wildman–Crippen MR) is 57.7 cm³/mol. The number of hydrogen-bond donors (Lipinski definition) is 0. The zero-order valence-electron chi connectivity index (χ0n) is 8.65. The lowest BCUT2D eigenvalue weighted by molar-refractivity contribution is 1.35. The van der Waals surface area contributed by atoms with E-state index in [2.05, 4.69) is 51.7 Å². The number of aryl methyl sites for hydroxylation is 1. The maximum absolute atomic E-state index is 3.38. The molecule has 0 N–H and O–H groups in total. The zero-order valence-corrected chi connectivity index (χ0v) is 9.65. The maximum Gasteiger partial charge on any atom is 0.0787 e. The third-order valence-electron chi connectivity index (χ3n) is 2.28. The van der Waals surface area contributed by atoms with Crippen molar-refractivity contribution in [3.8, 4) is 0 Å². The highest BCUT2D eigenvalue weighted by atomic mass is 28.3. The van der Waals surface area contributed by atoms with Gasteiger partial charge in [0.2, 0.25) is 0 Å². The lowest BCUT2D eigenvalue weighted by Crippen LogP contribution is -2.39. The van der Waals surface area contributed by atoms with Gasteiger partial charge in [0.1, 0.15) is 0 Å². The van der Waals surface area contributed by atoms with Crippen LogP contribution in [-0.2, 0) is 0 Å². The highest BCUT2D eigenvalue weighted by Crippen LogP contribution is 2.09. The van der Waals surface area contributed by atoms with E-state index in [1.807, 2.05) is 0 Å². The first-order chi connectivity index (χ1) is 5.43. The Balaban J connectivity index is 3.26. The van der Waals surface area contributed by atoms with Crippen LogP contribution in [0.1, 0.15) is 11.1 Å². The van der Waals surface area contributed by atoms with Crippen LogP contribution in [0.4, 0.5) is 0 Å². The van der Waals surface area contributed by atoms with Crippen molar-refractivity contribution in [2.24, 2.45) is 0 Å². The Morgan fingerprint density at radius 3 is 2.17 bits per heavy atom. The molecule has 1 aromatic carbocycles. The van der Waals surface area contributed by atoms with Crippen LogP contribution in [0.3, 0.4) is 0 Å². The molecule has 12 heavy (non-hydrogen) atoms. The summed E-state index contributed by atoms with van der Waals surface area (Å²) in [5.41, 5.74) is 2.84. The minimum atomic E-state index is -1.16. The van der Waals surface area contributed by atoms with E-state index in [1.165, 1.54) is 16.3 Å². The van der Waals surface area contributed by atoms with Crippen molar-refractivity contribution in [2.45, 2.75) is 33.5 Å². The van der Waals surface area contributed by atoms with Crippen molar-refractivity contribution >= 4 is 13.3 Å². The summed E-state index contributed by atoms with van der Waals surface area (Å²) in [4.78, 5) is 0. The molecule has 0 aromatic heterocycles. The van der Waals surface area contributed by atoms with Crippen LogP contribution in [0.15, 0.2) is 12.1 Å². The molecule has 0 aliphatic heterocycles. The van der Waals surface area contributed by atoms with Gasteiger partial charge in [0.25, 0.3) is 0 Å². The van der Waals surface area contributed by atoms with Crippen LogP contribution >= 0.6 is 0 Å². The highest BCUT2D eigenvalue weighted by molar-refractivity contribution is 6.88. The summed E-state index contributed by atoms with van der Waals surface area (Å²) in [6.07, 6.45) is 0. The molecule has 1 aromatic rings. The molecule has 0 fully saturated rings. The van der Waals surface area contributed by atoms with Gasteiger partial charge < -0.3 is 0 Å². The fourth-order valence-electron chi connectivity index (χ4n) is 1.46. The molecule has 1 heteroatoms. The molecular weight excluding hydrogens is 160 g/mol. The first-order valence-corrected chi connectivity index (χ1v) is 7.91. The van der Waals surface area contributed by atoms with Crippen LogP contribution in [0.5, 0.6) is 0 Å². The van der Waals surface area contributed by atoms with Crippen LogP contribution in [-0.4, -0.2) is 8.07 Å². The quantitative estimate of drug-likeness (QED) is 0.579. The molecular formula is C11H17Si. The molecule has 0 bridgehead atoms. The SMILES string of the molecule is Cc1cc[c]c([Si](C)(C)C)c1C. The zero-order chi connectivity index (χ0) is 9.35. The molecule has 0 nitrogen and oxygen atoms in total. The van der Waals surface area contributed by atoms with Crippen molar-refractivity contribution in [3.05, 3.63) is 29.3 Å². The summed E-state index contributed by atoms with van der Waals surface area (Å²) in [6, 6.07) is 7.57. The first kappa shape index (κ1) is 9.52. The number of hydrogen-bond acceptors (Lipinski definition) is 0. The Morgan fingerprint density at radius 1 is 1.17 bits per heavy atom. The molecule has 0 aliphatic rings. The Bertz CT molecular complexity index is 282. The van der Waals surface area contributed by atoms with Crippen molar-refractivity contribution in [1.82, 2.24) is 0 Å². The Labute approximate surface area is 76.6 Å². The van der Waals surface area contributed by atoms with Gasteiger partial charge in [-0.15, -0.1) is 0 Å². The van der Waals surface area contributed by atoms with Gasteiger partial charge in [-0.05, 0) is 36.2 Å². The third-order valence-corrected chi connectivity index (χ3v) is 4.30. The number of benzene rings is 1. The molecule has 0 atom stereocenters. The van der Waals surface area contributed by atoms with E-state index in [0.29, 0.717) is 0 Å². The summed E-state index contributed by atoms with van der Waals surface area (Å²) in [7, 11) is -1.16. The van der Waals surface area contributed by atoms with Gasteiger partial charge in [0, 0.05) is 0 Å². The molecule has 0 unspecified atom stereocenters. The van der Waals surface area contributed by atoms with Gasteiger partial charge in [-0.2, -0.15) is 0 Å². The molecule has 1 radical (unpaired) electrons. The Kier molecular flexibility index (Phi) is 2.43. The van der Waals surface area contributed by atoms with E-state index in [4.69, 9.17) is 0 Å². The molecule has 0 aliphatic carbocycles. The number of rotatable bonds is 1. The topological polar surface area (TPSA) is 0 Å². The van der Waals surface area contributed by atoms with Crippen LogP contribution in [0.2, 0.25) is 19.6 Å². The second-order valence-corrected chi connectivity index (χ2v) is 9.41. The molecule has 0 spiro atoms.